The molecule has 2 aromatic carbocycles. The number of halogens is 1. The number of hydrogen-bond donors (Lipinski definition) is 1. The van der Waals surface area contributed by atoms with Gasteiger partial charge in [-0.25, -0.2) is 4.39 Å². The Morgan fingerprint density at radius 1 is 1.03 bits per heavy atom. The van der Waals surface area contributed by atoms with E-state index in [1.54, 1.807) is 42.6 Å². The number of pyridine rings is 1. The average molecular weight is 444 g/mol. The molecule has 3 aromatic rings. The molecular weight excluding hydrogens is 417 g/mol. The molecular formula is C27H26FN3O2. The summed E-state index contributed by atoms with van der Waals surface area (Å²) >= 11 is 0. The highest BCUT2D eigenvalue weighted by molar-refractivity contribution is 6.18. The molecule has 1 aromatic heterocycles. The number of amides is 2. The van der Waals surface area contributed by atoms with Crippen molar-refractivity contribution in [1.82, 2.24) is 10.3 Å². The molecule has 2 amide bonds. The molecule has 2 heterocycles. The first-order valence-electron chi connectivity index (χ1n) is 10.7. The number of hydrogen-bond acceptors (Lipinski definition) is 3. The number of para-hydroxylation sites is 1. The van der Waals surface area contributed by atoms with Crippen LogP contribution in [0.5, 0.6) is 0 Å². The van der Waals surface area contributed by atoms with Gasteiger partial charge in [-0.05, 0) is 62.2 Å². The van der Waals surface area contributed by atoms with E-state index in [1.807, 2.05) is 39.0 Å². The molecule has 5 nitrogen and oxygen atoms in total. The van der Waals surface area contributed by atoms with Gasteiger partial charge in [0.05, 0.1) is 17.8 Å². The first-order valence-corrected chi connectivity index (χ1v) is 10.7. The molecule has 1 atom stereocenters. The second kappa shape index (κ2) is 8.28. The van der Waals surface area contributed by atoms with Crippen LogP contribution >= 0.6 is 0 Å². The Bertz CT molecular complexity index is 1220. The number of aromatic nitrogens is 1. The van der Waals surface area contributed by atoms with Crippen molar-refractivity contribution in [2.24, 2.45) is 0 Å². The Labute approximate surface area is 193 Å². The van der Waals surface area contributed by atoms with Crippen LogP contribution in [-0.2, 0) is 21.5 Å². The quantitative estimate of drug-likeness (QED) is 0.639. The number of nitrogens with zero attached hydrogens (tertiary/aromatic N) is 2. The normalized spacial score (nSPS) is 17.6. The fourth-order valence-corrected chi connectivity index (χ4v) is 4.24. The highest BCUT2D eigenvalue weighted by Crippen LogP contribution is 2.52. The molecule has 0 saturated heterocycles. The van der Waals surface area contributed by atoms with Crippen LogP contribution in [0.25, 0.3) is 5.57 Å². The Balaban J connectivity index is 1.92. The molecule has 1 N–H and O–H groups in total. The Hall–Kier alpha value is -3.80. The molecule has 1 aliphatic rings. The van der Waals surface area contributed by atoms with E-state index in [2.05, 4.69) is 16.9 Å². The van der Waals surface area contributed by atoms with E-state index >= 15 is 0 Å². The molecule has 6 heteroatoms. The zero-order valence-electron chi connectivity index (χ0n) is 18.9. The summed E-state index contributed by atoms with van der Waals surface area (Å²) in [6, 6.07) is 18.4. The van der Waals surface area contributed by atoms with Crippen LogP contribution in [0.2, 0.25) is 0 Å². The minimum Gasteiger partial charge on any atom is -0.349 e. The Morgan fingerprint density at radius 2 is 1.70 bits per heavy atom. The highest BCUT2D eigenvalue weighted by atomic mass is 19.1. The number of rotatable bonds is 4. The summed E-state index contributed by atoms with van der Waals surface area (Å²) in [6.45, 7) is 9.93. The third kappa shape index (κ3) is 3.93. The number of benzene rings is 2. The van der Waals surface area contributed by atoms with E-state index in [4.69, 9.17) is 0 Å². The minimum atomic E-state index is -1.56. The summed E-state index contributed by atoms with van der Waals surface area (Å²) in [5.41, 5.74) is 0.701. The summed E-state index contributed by atoms with van der Waals surface area (Å²) in [4.78, 5) is 33.9. The topological polar surface area (TPSA) is 62.3 Å². The third-order valence-corrected chi connectivity index (χ3v) is 5.61. The van der Waals surface area contributed by atoms with Gasteiger partial charge >= 0.3 is 0 Å². The molecule has 1 unspecified atom stereocenters. The summed E-state index contributed by atoms with van der Waals surface area (Å²) in [5, 5.41) is 3.04. The molecule has 1 aliphatic heterocycles. The monoisotopic (exact) mass is 443 g/mol. The van der Waals surface area contributed by atoms with E-state index in [1.165, 1.54) is 17.0 Å². The molecule has 0 spiro atoms. The van der Waals surface area contributed by atoms with Crippen LogP contribution in [-0.4, -0.2) is 22.3 Å². The van der Waals surface area contributed by atoms with E-state index in [0.717, 1.165) is 0 Å². The van der Waals surface area contributed by atoms with Crippen LogP contribution < -0.4 is 10.2 Å². The van der Waals surface area contributed by atoms with Crippen LogP contribution in [0.15, 0.2) is 79.5 Å². The maximum Gasteiger partial charge on any atom is 0.257 e. The smallest absolute Gasteiger partial charge is 0.257 e. The molecule has 33 heavy (non-hydrogen) atoms. The maximum absolute atomic E-state index is 14.0. The van der Waals surface area contributed by atoms with Crippen molar-refractivity contribution in [2.45, 2.75) is 38.3 Å². The zero-order valence-corrected chi connectivity index (χ0v) is 18.9. The minimum absolute atomic E-state index is 0.0146. The average Bonchev–Trinajstić information content (AvgIpc) is 3.05. The van der Waals surface area contributed by atoms with Gasteiger partial charge in [0.15, 0.2) is 5.54 Å². The van der Waals surface area contributed by atoms with Crippen molar-refractivity contribution in [3.63, 3.8) is 0 Å². The second-order valence-corrected chi connectivity index (χ2v) is 9.16. The molecule has 0 bridgehead atoms. The third-order valence-electron chi connectivity index (χ3n) is 5.61. The van der Waals surface area contributed by atoms with Gasteiger partial charge in [-0.1, -0.05) is 43.0 Å². The van der Waals surface area contributed by atoms with Gasteiger partial charge in [-0.3, -0.25) is 19.5 Å². The molecule has 0 saturated carbocycles. The van der Waals surface area contributed by atoms with Crippen LogP contribution in [0.4, 0.5) is 10.1 Å². The van der Waals surface area contributed by atoms with Crippen molar-refractivity contribution in [2.75, 3.05) is 4.90 Å². The lowest BCUT2D eigenvalue weighted by atomic mass is 9.83. The van der Waals surface area contributed by atoms with Gasteiger partial charge in [0.1, 0.15) is 5.82 Å². The predicted octanol–water partition coefficient (Wildman–Crippen LogP) is 4.63. The van der Waals surface area contributed by atoms with Crippen molar-refractivity contribution >= 4 is 23.1 Å². The van der Waals surface area contributed by atoms with E-state index in [-0.39, 0.29) is 24.1 Å². The highest BCUT2D eigenvalue weighted by Gasteiger charge is 2.57. The standard InChI is InChI=1S/C27H26FN3O2/c1-18-21-9-5-6-10-22(21)31(24(32)17-19-12-14-20(28)15-13-19)27(18,23-11-7-8-16-29-23)25(33)30-26(2,3)4/h5-16H,1,17H2,2-4H3,(H,30,33). The summed E-state index contributed by atoms with van der Waals surface area (Å²) < 4.78 is 13.4. The van der Waals surface area contributed by atoms with E-state index in [9.17, 15) is 14.0 Å². The van der Waals surface area contributed by atoms with E-state index in [0.29, 0.717) is 28.1 Å². The van der Waals surface area contributed by atoms with Gasteiger partial charge in [-0.15, -0.1) is 0 Å². The second-order valence-electron chi connectivity index (χ2n) is 9.16. The first-order chi connectivity index (χ1) is 15.6. The van der Waals surface area contributed by atoms with Gasteiger partial charge in [0.25, 0.3) is 5.91 Å². The predicted molar refractivity (Wildman–Crippen MR) is 127 cm³/mol. The van der Waals surface area contributed by atoms with Crippen LogP contribution in [0, 0.1) is 5.82 Å². The zero-order chi connectivity index (χ0) is 23.8. The van der Waals surface area contributed by atoms with Crippen molar-refractivity contribution in [3.05, 3.63) is 102 Å². The molecule has 0 radical (unpaired) electrons. The van der Waals surface area contributed by atoms with Gasteiger partial charge in [0, 0.05) is 17.3 Å². The molecule has 0 fully saturated rings. The summed E-state index contributed by atoms with van der Waals surface area (Å²) in [5.74, 6) is -1.08. The van der Waals surface area contributed by atoms with Crippen molar-refractivity contribution in [1.29, 1.82) is 0 Å². The van der Waals surface area contributed by atoms with Crippen molar-refractivity contribution in [3.8, 4) is 0 Å². The number of nitrogens with one attached hydrogen (secondary N) is 1. The largest absolute Gasteiger partial charge is 0.349 e. The Morgan fingerprint density at radius 3 is 2.33 bits per heavy atom. The molecule has 168 valence electrons. The molecule has 0 aliphatic carbocycles. The fourth-order valence-electron chi connectivity index (χ4n) is 4.24. The summed E-state index contributed by atoms with van der Waals surface area (Å²) in [7, 11) is 0. The van der Waals surface area contributed by atoms with Gasteiger partial charge < -0.3 is 5.32 Å². The first kappa shape index (κ1) is 22.4. The maximum atomic E-state index is 14.0. The van der Waals surface area contributed by atoms with Crippen LogP contribution in [0.3, 0.4) is 0 Å². The SMILES string of the molecule is C=C1c2ccccc2N(C(=O)Cc2ccc(F)cc2)C1(C(=O)NC(C)(C)C)c1ccccn1. The van der Waals surface area contributed by atoms with Crippen molar-refractivity contribution < 1.29 is 14.0 Å². The fraction of sp³-hybridized carbons (Fsp3) is 0.222. The number of carbonyl (C=O) groups is 2. The lowest BCUT2D eigenvalue weighted by molar-refractivity contribution is -0.129. The molecule has 4 rings (SSSR count). The van der Waals surface area contributed by atoms with E-state index < -0.39 is 11.1 Å². The van der Waals surface area contributed by atoms with Gasteiger partial charge in [-0.2, -0.15) is 0 Å². The van der Waals surface area contributed by atoms with Crippen LogP contribution in [0.1, 0.15) is 37.6 Å². The lowest BCUT2D eigenvalue weighted by Crippen LogP contribution is -2.60. The van der Waals surface area contributed by atoms with Gasteiger partial charge in [0.2, 0.25) is 5.91 Å². The Kier molecular flexibility index (Phi) is 5.62. The number of carbonyl (C=O) groups excluding carboxylic acids is 2. The lowest BCUT2D eigenvalue weighted by Gasteiger charge is -2.39. The summed E-state index contributed by atoms with van der Waals surface area (Å²) in [6.07, 6.45) is 1.58. The number of anilines is 1. The number of fused-ring (bicyclic) bond motifs is 1.